The molecule has 0 saturated heterocycles. The summed E-state index contributed by atoms with van der Waals surface area (Å²) >= 11 is 6.36. The van der Waals surface area contributed by atoms with Gasteiger partial charge in [-0.25, -0.2) is 0 Å². The van der Waals surface area contributed by atoms with Crippen molar-refractivity contribution in [3.8, 4) is 28.5 Å². The number of phenols is 1. The van der Waals surface area contributed by atoms with Crippen molar-refractivity contribution in [1.29, 1.82) is 0 Å². The van der Waals surface area contributed by atoms with E-state index >= 15 is 0 Å². The number of nitrogens with one attached hydrogen (secondary N) is 1. The van der Waals surface area contributed by atoms with Gasteiger partial charge in [0.25, 0.3) is 5.91 Å². The van der Waals surface area contributed by atoms with Crippen molar-refractivity contribution in [2.24, 2.45) is 0 Å². The molecule has 186 valence electrons. The number of fused-ring (bicyclic) bond motifs is 1. The Balaban J connectivity index is 1.87. The number of aromatic amines is 1. The highest BCUT2D eigenvalue weighted by atomic mass is 35.5. The molecule has 3 N–H and O–H groups in total. The van der Waals surface area contributed by atoms with Crippen LogP contribution in [0.5, 0.6) is 17.2 Å². The van der Waals surface area contributed by atoms with Gasteiger partial charge in [0.05, 0.1) is 19.3 Å². The van der Waals surface area contributed by atoms with Gasteiger partial charge in [-0.3, -0.25) is 9.89 Å². The topological polar surface area (TPSA) is 108 Å². The van der Waals surface area contributed by atoms with E-state index in [-0.39, 0.29) is 18.3 Å². The number of aliphatic hydroxyl groups is 1. The van der Waals surface area contributed by atoms with E-state index < -0.39 is 6.04 Å². The summed E-state index contributed by atoms with van der Waals surface area (Å²) in [5.74, 6) is 1.03. The maximum atomic E-state index is 13.4. The van der Waals surface area contributed by atoms with Crippen LogP contribution in [0.2, 0.25) is 5.02 Å². The highest BCUT2D eigenvalue weighted by Gasteiger charge is 2.42. The lowest BCUT2D eigenvalue weighted by Gasteiger charge is -2.27. The van der Waals surface area contributed by atoms with Crippen molar-refractivity contribution >= 4 is 17.5 Å². The second-order valence-corrected chi connectivity index (χ2v) is 8.85. The molecular formula is C26H30ClN3O5. The fraction of sp³-hybridized carbons (Fsp3) is 0.385. The largest absolute Gasteiger partial charge is 0.507 e. The second-order valence-electron chi connectivity index (χ2n) is 8.45. The molecule has 1 unspecified atom stereocenters. The van der Waals surface area contributed by atoms with Crippen LogP contribution in [0, 0.1) is 6.92 Å². The van der Waals surface area contributed by atoms with Crippen molar-refractivity contribution in [3.05, 3.63) is 57.7 Å². The average molecular weight is 500 g/mol. The maximum Gasteiger partial charge on any atom is 0.273 e. The number of carbonyl (C=O) groups is 1. The van der Waals surface area contributed by atoms with E-state index in [2.05, 4.69) is 10.2 Å². The third-order valence-electron chi connectivity index (χ3n) is 6.00. The van der Waals surface area contributed by atoms with E-state index in [4.69, 9.17) is 21.1 Å². The van der Waals surface area contributed by atoms with Gasteiger partial charge in [0.1, 0.15) is 17.1 Å². The quantitative estimate of drug-likeness (QED) is 0.367. The van der Waals surface area contributed by atoms with Gasteiger partial charge in [0.15, 0.2) is 11.5 Å². The van der Waals surface area contributed by atoms with Gasteiger partial charge >= 0.3 is 0 Å². The van der Waals surface area contributed by atoms with Gasteiger partial charge in [0.2, 0.25) is 0 Å². The van der Waals surface area contributed by atoms with Crippen LogP contribution in [0.25, 0.3) is 11.3 Å². The average Bonchev–Trinajstić information content (AvgIpc) is 3.38. The van der Waals surface area contributed by atoms with Gasteiger partial charge in [-0.15, -0.1) is 0 Å². The number of halogens is 1. The van der Waals surface area contributed by atoms with E-state index in [1.165, 1.54) is 0 Å². The molecule has 2 heterocycles. The zero-order valence-corrected chi connectivity index (χ0v) is 20.9. The highest BCUT2D eigenvalue weighted by Crippen LogP contribution is 2.46. The van der Waals surface area contributed by atoms with Crippen LogP contribution in [0.1, 0.15) is 59.9 Å². The number of nitrogens with zero attached hydrogens (tertiary/aromatic N) is 2. The maximum absolute atomic E-state index is 13.4. The number of benzene rings is 2. The summed E-state index contributed by atoms with van der Waals surface area (Å²) in [6, 6.07) is 8.38. The molecule has 35 heavy (non-hydrogen) atoms. The molecule has 4 rings (SSSR count). The molecule has 0 aliphatic carbocycles. The number of aryl methyl sites for hydroxylation is 1. The number of carbonyl (C=O) groups excluding carboxylic acids is 1. The van der Waals surface area contributed by atoms with Crippen LogP contribution in [0.3, 0.4) is 0 Å². The summed E-state index contributed by atoms with van der Waals surface area (Å²) in [4.78, 5) is 15.1. The summed E-state index contributed by atoms with van der Waals surface area (Å²) < 4.78 is 11.7. The Morgan fingerprint density at radius 3 is 2.69 bits per heavy atom. The minimum Gasteiger partial charge on any atom is -0.507 e. The van der Waals surface area contributed by atoms with E-state index in [0.717, 1.165) is 17.5 Å². The summed E-state index contributed by atoms with van der Waals surface area (Å²) in [6.07, 6.45) is 1.29. The van der Waals surface area contributed by atoms with E-state index in [1.54, 1.807) is 24.0 Å². The SMILES string of the molecule is CCCOc1ccc(C2c3c(-c4cc(Cl)c(C)cc4O)n[nH]c3C(=O)N2CCCO)cc1OCC. The molecule has 9 heteroatoms. The molecule has 0 fully saturated rings. The third-order valence-corrected chi connectivity index (χ3v) is 6.41. The zero-order valence-electron chi connectivity index (χ0n) is 20.1. The van der Waals surface area contributed by atoms with Crippen LogP contribution in [-0.2, 0) is 0 Å². The molecule has 0 radical (unpaired) electrons. The van der Waals surface area contributed by atoms with Crippen LogP contribution in [0.15, 0.2) is 30.3 Å². The van der Waals surface area contributed by atoms with Crippen LogP contribution >= 0.6 is 11.6 Å². The number of ether oxygens (including phenoxy) is 2. The second kappa shape index (κ2) is 10.6. The molecule has 1 atom stereocenters. The first-order valence-corrected chi connectivity index (χ1v) is 12.2. The van der Waals surface area contributed by atoms with Crippen molar-refractivity contribution in [2.75, 3.05) is 26.4 Å². The Hall–Kier alpha value is -3.23. The van der Waals surface area contributed by atoms with Gasteiger partial charge in [-0.1, -0.05) is 24.6 Å². The minimum absolute atomic E-state index is 0.0273. The Morgan fingerprint density at radius 2 is 1.97 bits per heavy atom. The standard InChI is InChI=1S/C26H30ClN3O5/c1-4-11-35-20-8-7-16(13-21(20)34-5-2)25-22-23(17-14-18(27)15(3)12-19(17)32)28-29-24(22)26(33)30(25)9-6-10-31/h7-8,12-14,25,31-32H,4-6,9-11H2,1-3H3,(H,28,29). The Bertz CT molecular complexity index is 1230. The summed E-state index contributed by atoms with van der Waals surface area (Å²) in [7, 11) is 0. The first kappa shape index (κ1) is 24.9. The summed E-state index contributed by atoms with van der Waals surface area (Å²) in [5, 5.41) is 27.9. The number of amides is 1. The molecule has 2 aromatic carbocycles. The number of aromatic hydroxyl groups is 1. The normalized spacial score (nSPS) is 14.9. The lowest BCUT2D eigenvalue weighted by atomic mass is 9.95. The summed E-state index contributed by atoms with van der Waals surface area (Å²) in [5.41, 5.74) is 3.43. The monoisotopic (exact) mass is 499 g/mol. The zero-order chi connectivity index (χ0) is 25.1. The molecule has 1 aliphatic rings. The van der Waals surface area contributed by atoms with Gasteiger partial charge < -0.3 is 24.6 Å². The van der Waals surface area contributed by atoms with Gasteiger partial charge in [-0.2, -0.15) is 5.10 Å². The lowest BCUT2D eigenvalue weighted by Crippen LogP contribution is -2.31. The van der Waals surface area contributed by atoms with Crippen molar-refractivity contribution in [1.82, 2.24) is 15.1 Å². The number of H-pyrrole nitrogens is 1. The third kappa shape index (κ3) is 4.68. The molecule has 1 aromatic heterocycles. The fourth-order valence-corrected chi connectivity index (χ4v) is 4.53. The minimum atomic E-state index is -0.503. The van der Waals surface area contributed by atoms with Crippen LogP contribution in [0.4, 0.5) is 0 Å². The molecule has 0 spiro atoms. The first-order chi connectivity index (χ1) is 16.9. The van der Waals surface area contributed by atoms with Crippen LogP contribution in [-0.4, -0.2) is 57.6 Å². The van der Waals surface area contributed by atoms with Crippen molar-refractivity contribution in [2.45, 2.75) is 39.7 Å². The Kier molecular flexibility index (Phi) is 7.52. The van der Waals surface area contributed by atoms with Gasteiger partial charge in [-0.05, 0) is 62.1 Å². The number of aromatic nitrogens is 2. The molecule has 0 saturated carbocycles. The number of rotatable bonds is 10. The van der Waals surface area contributed by atoms with Crippen LogP contribution < -0.4 is 9.47 Å². The predicted molar refractivity (Wildman–Crippen MR) is 133 cm³/mol. The highest BCUT2D eigenvalue weighted by molar-refractivity contribution is 6.31. The molecule has 3 aromatic rings. The number of hydrogen-bond acceptors (Lipinski definition) is 6. The molecular weight excluding hydrogens is 470 g/mol. The fourth-order valence-electron chi connectivity index (χ4n) is 4.37. The molecule has 0 bridgehead atoms. The number of hydrogen-bond donors (Lipinski definition) is 3. The summed E-state index contributed by atoms with van der Waals surface area (Å²) in [6.45, 7) is 7.07. The first-order valence-electron chi connectivity index (χ1n) is 11.8. The van der Waals surface area contributed by atoms with Crippen molar-refractivity contribution in [3.63, 3.8) is 0 Å². The molecule has 1 aliphatic heterocycles. The number of phenolic OH excluding ortho intramolecular Hbond substituents is 1. The van der Waals surface area contributed by atoms with Gasteiger partial charge in [0, 0.05) is 29.3 Å². The smallest absolute Gasteiger partial charge is 0.273 e. The molecule has 1 amide bonds. The van der Waals surface area contributed by atoms with E-state index in [1.807, 2.05) is 32.0 Å². The van der Waals surface area contributed by atoms with Crippen molar-refractivity contribution < 1.29 is 24.5 Å². The lowest BCUT2D eigenvalue weighted by molar-refractivity contribution is 0.0732. The Labute approximate surface area is 209 Å². The van der Waals surface area contributed by atoms with E-state index in [0.29, 0.717) is 65.2 Å². The number of aliphatic hydroxyl groups excluding tert-OH is 1. The molecule has 8 nitrogen and oxygen atoms in total. The predicted octanol–water partition coefficient (Wildman–Crippen LogP) is 4.86. The Morgan fingerprint density at radius 1 is 1.17 bits per heavy atom. The van der Waals surface area contributed by atoms with E-state index in [9.17, 15) is 15.0 Å².